The van der Waals surface area contributed by atoms with Crippen molar-refractivity contribution in [3.8, 4) is 0 Å². The minimum atomic E-state index is -0.0735. The number of hydrogen-bond donors (Lipinski definition) is 1. The molecule has 1 aromatic rings. The topological polar surface area (TPSA) is 12.0 Å². The molecule has 20 heavy (non-hydrogen) atoms. The maximum atomic E-state index is 13.5. The quantitative estimate of drug-likeness (QED) is 0.803. The molecule has 1 aromatic carbocycles. The highest BCUT2D eigenvalue weighted by Crippen LogP contribution is 2.29. The summed E-state index contributed by atoms with van der Waals surface area (Å²) >= 11 is 0. The summed E-state index contributed by atoms with van der Waals surface area (Å²) in [5.74, 6) is 1.61. The molecule has 2 rings (SSSR count). The van der Waals surface area contributed by atoms with Crippen LogP contribution in [0.3, 0.4) is 0 Å². The zero-order valence-corrected chi connectivity index (χ0v) is 12.9. The average molecular weight is 277 g/mol. The molecule has 1 N–H and O–H groups in total. The summed E-state index contributed by atoms with van der Waals surface area (Å²) in [7, 11) is 0. The van der Waals surface area contributed by atoms with E-state index in [-0.39, 0.29) is 5.82 Å². The Balaban J connectivity index is 1.72. The maximum Gasteiger partial charge on any atom is 0.126 e. The zero-order chi connectivity index (χ0) is 14.4. The molecule has 1 aliphatic carbocycles. The molecule has 2 atom stereocenters. The fraction of sp³-hybridized carbons (Fsp3) is 0.667. The van der Waals surface area contributed by atoms with E-state index in [0.29, 0.717) is 6.04 Å². The van der Waals surface area contributed by atoms with Gasteiger partial charge in [-0.25, -0.2) is 4.39 Å². The highest BCUT2D eigenvalue weighted by molar-refractivity contribution is 5.17. The van der Waals surface area contributed by atoms with Crippen LogP contribution in [0.4, 0.5) is 4.39 Å². The highest BCUT2D eigenvalue weighted by atomic mass is 19.1. The van der Waals surface area contributed by atoms with Crippen molar-refractivity contribution >= 4 is 0 Å². The van der Waals surface area contributed by atoms with Crippen LogP contribution in [0, 0.1) is 17.7 Å². The fourth-order valence-electron chi connectivity index (χ4n) is 3.47. The molecule has 0 heterocycles. The minimum absolute atomic E-state index is 0.0735. The number of hydrogen-bond acceptors (Lipinski definition) is 1. The third-order valence-corrected chi connectivity index (χ3v) is 4.37. The van der Waals surface area contributed by atoms with E-state index < -0.39 is 0 Å². The third kappa shape index (κ3) is 4.90. The zero-order valence-electron chi connectivity index (χ0n) is 12.9. The van der Waals surface area contributed by atoms with Crippen molar-refractivity contribution < 1.29 is 4.39 Å². The second-order valence-corrected chi connectivity index (χ2v) is 6.65. The monoisotopic (exact) mass is 277 g/mol. The van der Waals surface area contributed by atoms with Crippen molar-refractivity contribution in [2.24, 2.45) is 11.8 Å². The van der Waals surface area contributed by atoms with E-state index in [9.17, 15) is 4.39 Å². The molecule has 112 valence electrons. The molecule has 1 fully saturated rings. The normalized spacial score (nSPS) is 23.2. The van der Waals surface area contributed by atoms with Gasteiger partial charge in [0.15, 0.2) is 0 Å². The molecule has 1 aliphatic rings. The van der Waals surface area contributed by atoms with Gasteiger partial charge in [0.05, 0.1) is 0 Å². The first-order valence-corrected chi connectivity index (χ1v) is 8.12. The number of nitrogens with one attached hydrogen (secondary N) is 1. The molecule has 0 saturated heterocycles. The van der Waals surface area contributed by atoms with Crippen LogP contribution in [0.5, 0.6) is 0 Å². The van der Waals surface area contributed by atoms with Gasteiger partial charge >= 0.3 is 0 Å². The van der Waals surface area contributed by atoms with Gasteiger partial charge in [0.25, 0.3) is 0 Å². The predicted octanol–water partition coefficient (Wildman–Crippen LogP) is 4.56. The Labute approximate surface area is 123 Å². The van der Waals surface area contributed by atoms with Crippen LogP contribution < -0.4 is 5.32 Å². The fourth-order valence-corrected chi connectivity index (χ4v) is 3.47. The maximum absolute atomic E-state index is 13.5. The van der Waals surface area contributed by atoms with Crippen LogP contribution in [0.1, 0.15) is 51.5 Å². The lowest BCUT2D eigenvalue weighted by Gasteiger charge is -2.31. The Bertz CT molecular complexity index is 402. The van der Waals surface area contributed by atoms with Crippen LogP contribution in [0.25, 0.3) is 0 Å². The van der Waals surface area contributed by atoms with Gasteiger partial charge in [-0.1, -0.05) is 44.9 Å². The van der Waals surface area contributed by atoms with E-state index in [2.05, 4.69) is 19.2 Å². The Hall–Kier alpha value is -0.890. The molecular formula is C18H28FN. The van der Waals surface area contributed by atoms with Crippen LogP contribution in [0.15, 0.2) is 24.3 Å². The molecule has 1 nitrogen and oxygen atoms in total. The lowest BCUT2D eigenvalue weighted by molar-refractivity contribution is 0.253. The van der Waals surface area contributed by atoms with E-state index in [1.165, 1.54) is 32.1 Å². The largest absolute Gasteiger partial charge is 0.314 e. The van der Waals surface area contributed by atoms with Crippen molar-refractivity contribution in [2.45, 2.75) is 58.4 Å². The summed E-state index contributed by atoms with van der Waals surface area (Å²) in [5.41, 5.74) is 0.828. The van der Waals surface area contributed by atoms with Gasteiger partial charge in [-0.05, 0) is 55.7 Å². The van der Waals surface area contributed by atoms with Crippen molar-refractivity contribution in [3.63, 3.8) is 0 Å². The second-order valence-electron chi connectivity index (χ2n) is 6.65. The second kappa shape index (κ2) is 7.78. The molecule has 0 aliphatic heterocycles. The summed E-state index contributed by atoms with van der Waals surface area (Å²) in [4.78, 5) is 0. The van der Waals surface area contributed by atoms with E-state index >= 15 is 0 Å². The molecule has 0 aromatic heterocycles. The van der Waals surface area contributed by atoms with Crippen molar-refractivity contribution in [1.82, 2.24) is 5.32 Å². The van der Waals surface area contributed by atoms with Crippen molar-refractivity contribution in [3.05, 3.63) is 35.6 Å². The molecule has 1 saturated carbocycles. The molecule has 0 radical (unpaired) electrons. The van der Waals surface area contributed by atoms with Gasteiger partial charge in [-0.2, -0.15) is 0 Å². The molecular weight excluding hydrogens is 249 g/mol. The van der Waals surface area contributed by atoms with Gasteiger partial charge in [0.1, 0.15) is 5.82 Å². The standard InChI is InChI=1S/C18H28FN/c1-14(2)12-15-6-5-8-17(13-15)20-11-10-16-7-3-4-9-18(16)19/h3-4,7,9,14-15,17,20H,5-6,8,10-13H2,1-2H3. The van der Waals surface area contributed by atoms with E-state index in [0.717, 1.165) is 30.4 Å². The van der Waals surface area contributed by atoms with Gasteiger partial charge in [0.2, 0.25) is 0 Å². The average Bonchev–Trinajstić information content (AvgIpc) is 2.41. The lowest BCUT2D eigenvalue weighted by atomic mass is 9.81. The number of rotatable bonds is 6. The SMILES string of the molecule is CC(C)CC1CCCC(NCCc2ccccc2F)C1. The first-order valence-electron chi connectivity index (χ1n) is 8.12. The first-order chi connectivity index (χ1) is 9.65. The summed E-state index contributed by atoms with van der Waals surface area (Å²) in [5, 5.41) is 3.63. The molecule has 0 amide bonds. The van der Waals surface area contributed by atoms with Gasteiger partial charge < -0.3 is 5.32 Å². The number of benzene rings is 1. The van der Waals surface area contributed by atoms with Crippen molar-refractivity contribution in [1.29, 1.82) is 0 Å². The molecule has 0 bridgehead atoms. The summed E-state index contributed by atoms with van der Waals surface area (Å²) in [6.45, 7) is 5.52. The summed E-state index contributed by atoms with van der Waals surface area (Å²) in [6.07, 6.45) is 7.46. The Morgan fingerprint density at radius 3 is 2.80 bits per heavy atom. The lowest BCUT2D eigenvalue weighted by Crippen LogP contribution is -2.35. The Kier molecular flexibility index (Phi) is 6.03. The van der Waals surface area contributed by atoms with E-state index in [4.69, 9.17) is 0 Å². The van der Waals surface area contributed by atoms with Gasteiger partial charge in [-0.3, -0.25) is 0 Å². The third-order valence-electron chi connectivity index (χ3n) is 4.37. The Morgan fingerprint density at radius 2 is 2.05 bits per heavy atom. The number of halogens is 1. The van der Waals surface area contributed by atoms with Crippen LogP contribution in [-0.4, -0.2) is 12.6 Å². The Morgan fingerprint density at radius 1 is 1.25 bits per heavy atom. The van der Waals surface area contributed by atoms with Crippen LogP contribution in [-0.2, 0) is 6.42 Å². The van der Waals surface area contributed by atoms with Crippen molar-refractivity contribution in [2.75, 3.05) is 6.54 Å². The van der Waals surface area contributed by atoms with E-state index in [1.54, 1.807) is 12.1 Å². The summed E-state index contributed by atoms with van der Waals surface area (Å²) in [6, 6.07) is 7.75. The molecule has 0 spiro atoms. The molecule has 2 unspecified atom stereocenters. The van der Waals surface area contributed by atoms with Crippen LogP contribution in [0.2, 0.25) is 0 Å². The molecule has 2 heteroatoms. The predicted molar refractivity (Wildman–Crippen MR) is 83.3 cm³/mol. The first kappa shape index (κ1) is 15.5. The highest BCUT2D eigenvalue weighted by Gasteiger charge is 2.22. The van der Waals surface area contributed by atoms with Gasteiger partial charge in [-0.15, -0.1) is 0 Å². The summed E-state index contributed by atoms with van der Waals surface area (Å²) < 4.78 is 13.5. The van der Waals surface area contributed by atoms with E-state index in [1.807, 2.05) is 12.1 Å². The van der Waals surface area contributed by atoms with Gasteiger partial charge in [0, 0.05) is 6.04 Å². The smallest absolute Gasteiger partial charge is 0.126 e. The minimum Gasteiger partial charge on any atom is -0.314 e. The van der Waals surface area contributed by atoms with Crippen LogP contribution >= 0.6 is 0 Å².